The molecule has 0 atom stereocenters. The van der Waals surface area contributed by atoms with E-state index >= 15 is 0 Å². The van der Waals surface area contributed by atoms with Crippen LogP contribution in [0.15, 0.2) is 30.3 Å². The minimum Gasteiger partial charge on any atom is -0.496 e. The molecule has 0 amide bonds. The van der Waals surface area contributed by atoms with Gasteiger partial charge in [0, 0.05) is 49.9 Å². The fourth-order valence-electron chi connectivity index (χ4n) is 6.41. The first kappa shape index (κ1) is 41.7. The highest BCUT2D eigenvalue weighted by molar-refractivity contribution is 6.16. The lowest BCUT2D eigenvalue weighted by Crippen LogP contribution is -2.27. The van der Waals surface area contributed by atoms with Crippen LogP contribution in [0.25, 0.3) is 32.9 Å². The van der Waals surface area contributed by atoms with Crippen molar-refractivity contribution in [2.75, 3.05) is 53.9 Å². The zero-order valence-corrected chi connectivity index (χ0v) is 32.1. The highest BCUT2D eigenvalue weighted by Gasteiger charge is 2.42. The molecule has 4 aromatic rings. The lowest BCUT2D eigenvalue weighted by atomic mass is 9.87. The molecule has 16 nitrogen and oxygen atoms in total. The van der Waals surface area contributed by atoms with E-state index in [1.807, 2.05) is 0 Å². The van der Waals surface area contributed by atoms with Crippen LogP contribution in [0.1, 0.15) is 76.2 Å². The molecule has 2 heterocycles. The van der Waals surface area contributed by atoms with Crippen molar-refractivity contribution in [3.05, 3.63) is 47.3 Å². The minimum absolute atomic E-state index is 0.00777. The van der Waals surface area contributed by atoms with Gasteiger partial charge in [0.2, 0.25) is 0 Å². The van der Waals surface area contributed by atoms with Gasteiger partial charge in [-0.1, -0.05) is 0 Å². The number of aromatic nitrogens is 2. The molecule has 0 spiro atoms. The third kappa shape index (κ3) is 8.37. The molecule has 0 aliphatic heterocycles. The Kier molecular flexibility index (Phi) is 14.3. The Hall–Kier alpha value is -6.06. The van der Waals surface area contributed by atoms with Crippen molar-refractivity contribution >= 4 is 57.6 Å². The predicted octanol–water partition coefficient (Wildman–Crippen LogP) is 4.96. The summed E-state index contributed by atoms with van der Waals surface area (Å²) >= 11 is 0. The maximum Gasteiger partial charge on any atom is 0.326 e. The first-order valence-corrected chi connectivity index (χ1v) is 17.9. The minimum atomic E-state index is -1.73. The standard InChI is InChI=1S/C39H46N2O14/c1-9-50-34(42)28(35(43)51-10-2)23-19-20-21(40-23)15-17-24(48-7)26(20)30-27-22(41-33(30)32(38(46)54-13-5)39(47)55-14-6)16-18-25(49-8)29(27)31(36(44)52-11-3)37(45)53-12-4/h15-19,28,31-32,40-41H,9-14H2,1-8H3. The maximum atomic E-state index is 13.8. The number of hydrogen-bond acceptors (Lipinski definition) is 14. The predicted molar refractivity (Wildman–Crippen MR) is 197 cm³/mol. The van der Waals surface area contributed by atoms with Gasteiger partial charge in [-0.25, -0.2) is 0 Å². The molecule has 55 heavy (non-hydrogen) atoms. The molecule has 2 aromatic carbocycles. The van der Waals surface area contributed by atoms with Crippen molar-refractivity contribution in [2.24, 2.45) is 0 Å². The van der Waals surface area contributed by atoms with E-state index in [9.17, 15) is 28.8 Å². The van der Waals surface area contributed by atoms with Gasteiger partial charge in [0.05, 0.1) is 53.9 Å². The van der Waals surface area contributed by atoms with Crippen LogP contribution in [0.4, 0.5) is 0 Å². The molecule has 0 saturated heterocycles. The Morgan fingerprint density at radius 1 is 0.509 bits per heavy atom. The van der Waals surface area contributed by atoms with Crippen LogP contribution in [0, 0.1) is 0 Å². The average molecular weight is 767 g/mol. The van der Waals surface area contributed by atoms with Gasteiger partial charge in [-0.3, -0.25) is 28.8 Å². The monoisotopic (exact) mass is 766 g/mol. The third-order valence-electron chi connectivity index (χ3n) is 8.49. The van der Waals surface area contributed by atoms with Crippen LogP contribution in [0.3, 0.4) is 0 Å². The van der Waals surface area contributed by atoms with E-state index < -0.39 is 53.6 Å². The van der Waals surface area contributed by atoms with Crippen LogP contribution >= 0.6 is 0 Å². The zero-order chi connectivity index (χ0) is 40.4. The number of esters is 6. The molecule has 0 unspecified atom stereocenters. The van der Waals surface area contributed by atoms with E-state index in [0.717, 1.165) is 0 Å². The number of ether oxygens (including phenoxy) is 8. The Morgan fingerprint density at radius 3 is 1.38 bits per heavy atom. The van der Waals surface area contributed by atoms with E-state index in [4.69, 9.17) is 37.9 Å². The number of methoxy groups -OCH3 is 2. The van der Waals surface area contributed by atoms with Gasteiger partial charge < -0.3 is 47.9 Å². The molecular weight excluding hydrogens is 720 g/mol. The van der Waals surface area contributed by atoms with Gasteiger partial charge >= 0.3 is 35.8 Å². The van der Waals surface area contributed by atoms with Gasteiger partial charge in [-0.2, -0.15) is 0 Å². The average Bonchev–Trinajstić information content (AvgIpc) is 3.74. The molecule has 2 aromatic heterocycles. The Bertz CT molecular complexity index is 2010. The molecule has 0 aliphatic carbocycles. The molecule has 0 radical (unpaired) electrons. The van der Waals surface area contributed by atoms with Crippen LogP contribution in [0.2, 0.25) is 0 Å². The fraction of sp³-hybridized carbons (Fsp3) is 0.436. The highest BCUT2D eigenvalue weighted by atomic mass is 16.6. The molecule has 0 aliphatic rings. The normalized spacial score (nSPS) is 11.2. The van der Waals surface area contributed by atoms with Gasteiger partial charge in [0.15, 0.2) is 17.8 Å². The van der Waals surface area contributed by atoms with Crippen LogP contribution in [0.5, 0.6) is 11.5 Å². The van der Waals surface area contributed by atoms with Gasteiger partial charge in [0.25, 0.3) is 0 Å². The van der Waals surface area contributed by atoms with E-state index in [0.29, 0.717) is 10.9 Å². The zero-order valence-electron chi connectivity index (χ0n) is 32.1. The summed E-state index contributed by atoms with van der Waals surface area (Å²) in [5, 5.41) is 0.485. The second-order valence-corrected chi connectivity index (χ2v) is 11.7. The summed E-state index contributed by atoms with van der Waals surface area (Å²) in [5.41, 5.74) is 0.999. The third-order valence-corrected chi connectivity index (χ3v) is 8.49. The largest absolute Gasteiger partial charge is 0.496 e. The number of benzene rings is 2. The quantitative estimate of drug-likeness (QED) is 0.0780. The van der Waals surface area contributed by atoms with E-state index in [-0.39, 0.29) is 90.1 Å². The van der Waals surface area contributed by atoms with E-state index in [2.05, 4.69) is 9.97 Å². The van der Waals surface area contributed by atoms with Crippen LogP contribution in [-0.2, 0) is 57.2 Å². The number of carbonyl (C=O) groups excluding carboxylic acids is 6. The van der Waals surface area contributed by atoms with Crippen LogP contribution < -0.4 is 9.47 Å². The number of carbonyl (C=O) groups is 6. The second-order valence-electron chi connectivity index (χ2n) is 11.7. The first-order valence-electron chi connectivity index (χ1n) is 17.9. The smallest absolute Gasteiger partial charge is 0.326 e. The molecule has 2 N–H and O–H groups in total. The second kappa shape index (κ2) is 18.8. The summed E-state index contributed by atoms with van der Waals surface area (Å²) in [7, 11) is 2.73. The molecular formula is C39H46N2O14. The maximum absolute atomic E-state index is 13.8. The van der Waals surface area contributed by atoms with Crippen molar-refractivity contribution in [1.29, 1.82) is 0 Å². The summed E-state index contributed by atoms with van der Waals surface area (Å²) in [5.74, 6) is -10.2. The Balaban J connectivity index is 2.30. The topological polar surface area (TPSA) is 208 Å². The molecule has 0 bridgehead atoms. The summed E-state index contributed by atoms with van der Waals surface area (Å²) in [6.45, 7) is 9.17. The Labute approximate surface area is 317 Å². The molecule has 0 fully saturated rings. The Morgan fingerprint density at radius 2 is 0.927 bits per heavy atom. The molecule has 4 rings (SSSR count). The number of hydrogen-bond donors (Lipinski definition) is 2. The van der Waals surface area contributed by atoms with Crippen LogP contribution in [-0.4, -0.2) is 99.6 Å². The van der Waals surface area contributed by atoms with Crippen molar-refractivity contribution in [1.82, 2.24) is 9.97 Å². The fourth-order valence-corrected chi connectivity index (χ4v) is 6.41. The summed E-state index contributed by atoms with van der Waals surface area (Å²) in [6, 6.07) is 7.83. The van der Waals surface area contributed by atoms with Gasteiger partial charge in [-0.15, -0.1) is 0 Å². The first-order chi connectivity index (χ1) is 26.5. The SMILES string of the molecule is CCOC(=O)C(C(=O)OCC)c1cc2c(-c3c(C(C(=O)OCC)C(=O)OCC)[nH]c4ccc(OC)c(C(C(=O)OCC)C(=O)OCC)c34)c(OC)ccc2[nH]1. The van der Waals surface area contributed by atoms with Crippen molar-refractivity contribution in [3.63, 3.8) is 0 Å². The summed E-state index contributed by atoms with van der Waals surface area (Å²) in [4.78, 5) is 87.7. The van der Waals surface area contributed by atoms with Crippen molar-refractivity contribution < 1.29 is 66.7 Å². The lowest BCUT2D eigenvalue weighted by Gasteiger charge is -2.21. The number of H-pyrrole nitrogens is 2. The molecule has 296 valence electrons. The van der Waals surface area contributed by atoms with Gasteiger partial charge in [-0.05, 0) is 71.9 Å². The molecule has 0 saturated carbocycles. The van der Waals surface area contributed by atoms with Gasteiger partial charge in [0.1, 0.15) is 11.5 Å². The number of fused-ring (bicyclic) bond motifs is 2. The summed E-state index contributed by atoms with van der Waals surface area (Å²) < 4.78 is 43.6. The van der Waals surface area contributed by atoms with E-state index in [1.165, 1.54) is 26.4 Å². The lowest BCUT2D eigenvalue weighted by molar-refractivity contribution is -0.158. The number of nitrogens with one attached hydrogen (secondary N) is 2. The summed E-state index contributed by atoms with van der Waals surface area (Å²) in [6.07, 6.45) is 0. The van der Waals surface area contributed by atoms with Crippen molar-refractivity contribution in [3.8, 4) is 22.6 Å². The van der Waals surface area contributed by atoms with Crippen molar-refractivity contribution in [2.45, 2.75) is 59.3 Å². The number of rotatable bonds is 18. The number of aromatic amines is 2. The molecule has 16 heteroatoms. The highest BCUT2D eigenvalue weighted by Crippen LogP contribution is 2.49. The van der Waals surface area contributed by atoms with E-state index in [1.54, 1.807) is 59.7 Å².